The van der Waals surface area contributed by atoms with Crippen LogP contribution in [-0.2, 0) is 6.54 Å². The molecular weight excluding hydrogens is 228 g/mol. The molecular formula is C14H16N2O2. The van der Waals surface area contributed by atoms with Gasteiger partial charge < -0.3 is 15.2 Å². The average molecular weight is 244 g/mol. The first-order valence-electron chi connectivity index (χ1n) is 5.71. The van der Waals surface area contributed by atoms with E-state index in [0.717, 1.165) is 16.8 Å². The summed E-state index contributed by atoms with van der Waals surface area (Å²) in [6.45, 7) is 2.56. The van der Waals surface area contributed by atoms with Gasteiger partial charge in [-0.1, -0.05) is 0 Å². The Balaban J connectivity index is 2.09. The van der Waals surface area contributed by atoms with Crippen molar-refractivity contribution in [2.45, 2.75) is 13.5 Å². The zero-order chi connectivity index (χ0) is 13.0. The maximum absolute atomic E-state index is 9.83. The fraction of sp³-hybridized carbons (Fsp3) is 0.214. The number of nitrogens with one attached hydrogen (secondary N) is 1. The second-order valence-corrected chi connectivity index (χ2v) is 4.04. The van der Waals surface area contributed by atoms with Gasteiger partial charge in [0.15, 0.2) is 0 Å². The van der Waals surface area contributed by atoms with Crippen LogP contribution in [0.25, 0.3) is 0 Å². The highest BCUT2D eigenvalue weighted by molar-refractivity contribution is 5.49. The lowest BCUT2D eigenvalue weighted by Crippen LogP contribution is -2.01. The molecule has 18 heavy (non-hydrogen) atoms. The van der Waals surface area contributed by atoms with Crippen molar-refractivity contribution in [3.8, 4) is 11.5 Å². The first kappa shape index (κ1) is 12.2. The molecule has 0 aliphatic heterocycles. The fourth-order valence-corrected chi connectivity index (χ4v) is 1.66. The van der Waals surface area contributed by atoms with Crippen molar-refractivity contribution in [2.75, 3.05) is 12.4 Å². The third-order valence-corrected chi connectivity index (χ3v) is 2.80. The molecule has 2 aromatic rings. The van der Waals surface area contributed by atoms with E-state index in [-0.39, 0.29) is 5.75 Å². The van der Waals surface area contributed by atoms with E-state index >= 15 is 0 Å². The quantitative estimate of drug-likeness (QED) is 0.868. The van der Waals surface area contributed by atoms with Crippen LogP contribution in [0.3, 0.4) is 0 Å². The third kappa shape index (κ3) is 2.71. The van der Waals surface area contributed by atoms with Gasteiger partial charge in [0.25, 0.3) is 0 Å². The van der Waals surface area contributed by atoms with Crippen LogP contribution in [-0.4, -0.2) is 17.2 Å². The number of phenolic OH excluding ortho intramolecular Hbond substituents is 1. The number of pyridine rings is 1. The Kier molecular flexibility index (Phi) is 3.67. The largest absolute Gasteiger partial charge is 0.507 e. The van der Waals surface area contributed by atoms with Gasteiger partial charge in [0.1, 0.15) is 11.5 Å². The summed E-state index contributed by atoms with van der Waals surface area (Å²) >= 11 is 0. The van der Waals surface area contributed by atoms with E-state index in [1.54, 1.807) is 25.6 Å². The SMILES string of the molecule is COc1ccc(CNc2cnccc2C)c(O)c1. The van der Waals surface area contributed by atoms with Crippen LogP contribution in [0.5, 0.6) is 11.5 Å². The molecule has 4 heteroatoms. The van der Waals surface area contributed by atoms with Crippen LogP contribution >= 0.6 is 0 Å². The number of hydrogen-bond acceptors (Lipinski definition) is 4. The van der Waals surface area contributed by atoms with Crippen LogP contribution in [0.2, 0.25) is 0 Å². The zero-order valence-electron chi connectivity index (χ0n) is 10.5. The molecule has 1 aromatic carbocycles. The number of hydrogen-bond donors (Lipinski definition) is 2. The molecule has 2 N–H and O–H groups in total. The van der Waals surface area contributed by atoms with Crippen molar-refractivity contribution >= 4 is 5.69 Å². The van der Waals surface area contributed by atoms with Crippen molar-refractivity contribution in [1.82, 2.24) is 4.98 Å². The summed E-state index contributed by atoms with van der Waals surface area (Å²) in [5.74, 6) is 0.872. The van der Waals surface area contributed by atoms with E-state index in [4.69, 9.17) is 4.74 Å². The van der Waals surface area contributed by atoms with E-state index in [1.807, 2.05) is 25.1 Å². The van der Waals surface area contributed by atoms with Gasteiger partial charge >= 0.3 is 0 Å². The number of aromatic nitrogens is 1. The third-order valence-electron chi connectivity index (χ3n) is 2.80. The molecule has 2 rings (SSSR count). The molecule has 0 spiro atoms. The molecule has 0 unspecified atom stereocenters. The summed E-state index contributed by atoms with van der Waals surface area (Å²) in [6.07, 6.45) is 3.53. The molecule has 1 aromatic heterocycles. The van der Waals surface area contributed by atoms with Gasteiger partial charge in [0.05, 0.1) is 19.0 Å². The Hall–Kier alpha value is -2.23. The number of phenols is 1. The molecule has 4 nitrogen and oxygen atoms in total. The van der Waals surface area contributed by atoms with Crippen molar-refractivity contribution in [1.29, 1.82) is 0 Å². The van der Waals surface area contributed by atoms with Crippen LogP contribution in [0.15, 0.2) is 36.7 Å². The highest BCUT2D eigenvalue weighted by atomic mass is 16.5. The molecule has 0 aliphatic rings. The number of methoxy groups -OCH3 is 1. The Morgan fingerprint density at radius 1 is 1.33 bits per heavy atom. The van der Waals surface area contributed by atoms with Crippen molar-refractivity contribution in [3.63, 3.8) is 0 Å². The monoisotopic (exact) mass is 244 g/mol. The van der Waals surface area contributed by atoms with Crippen LogP contribution < -0.4 is 10.1 Å². The number of aryl methyl sites for hydroxylation is 1. The van der Waals surface area contributed by atoms with Crippen LogP contribution in [0.4, 0.5) is 5.69 Å². The minimum atomic E-state index is 0.225. The standard InChI is InChI=1S/C14H16N2O2/c1-10-5-6-15-9-13(10)16-8-11-3-4-12(18-2)7-14(11)17/h3-7,9,16-17H,8H2,1-2H3. The number of anilines is 1. The van der Waals surface area contributed by atoms with Crippen LogP contribution in [0.1, 0.15) is 11.1 Å². The van der Waals surface area contributed by atoms with Gasteiger partial charge in [-0.2, -0.15) is 0 Å². The Morgan fingerprint density at radius 3 is 2.83 bits per heavy atom. The van der Waals surface area contributed by atoms with Crippen molar-refractivity contribution in [2.24, 2.45) is 0 Å². The minimum absolute atomic E-state index is 0.225. The predicted molar refractivity (Wildman–Crippen MR) is 71.0 cm³/mol. The Bertz CT molecular complexity index is 541. The lowest BCUT2D eigenvalue weighted by atomic mass is 10.2. The molecule has 0 atom stereocenters. The summed E-state index contributed by atoms with van der Waals surface area (Å²) < 4.78 is 5.04. The molecule has 0 radical (unpaired) electrons. The Labute approximate surface area is 106 Å². The van der Waals surface area contributed by atoms with E-state index in [2.05, 4.69) is 10.3 Å². The first-order chi connectivity index (χ1) is 8.70. The lowest BCUT2D eigenvalue weighted by Gasteiger charge is -2.10. The van der Waals surface area contributed by atoms with Gasteiger partial charge in [-0.15, -0.1) is 0 Å². The molecule has 1 heterocycles. The van der Waals surface area contributed by atoms with E-state index in [0.29, 0.717) is 12.3 Å². The molecule has 94 valence electrons. The number of ether oxygens (including phenoxy) is 1. The van der Waals surface area contributed by atoms with Crippen LogP contribution in [0, 0.1) is 6.92 Å². The van der Waals surface area contributed by atoms with Gasteiger partial charge in [-0.05, 0) is 30.7 Å². The molecule has 0 saturated carbocycles. The highest BCUT2D eigenvalue weighted by Gasteiger charge is 2.04. The smallest absolute Gasteiger partial charge is 0.124 e. The fourth-order valence-electron chi connectivity index (χ4n) is 1.66. The van der Waals surface area contributed by atoms with Gasteiger partial charge in [-0.25, -0.2) is 0 Å². The Morgan fingerprint density at radius 2 is 2.17 bits per heavy atom. The van der Waals surface area contributed by atoms with E-state index in [9.17, 15) is 5.11 Å². The average Bonchev–Trinajstić information content (AvgIpc) is 2.39. The topological polar surface area (TPSA) is 54.4 Å². The lowest BCUT2D eigenvalue weighted by molar-refractivity contribution is 0.406. The van der Waals surface area contributed by atoms with E-state index in [1.165, 1.54) is 0 Å². The number of aromatic hydroxyl groups is 1. The summed E-state index contributed by atoms with van der Waals surface area (Å²) in [6, 6.07) is 7.21. The molecule has 0 amide bonds. The predicted octanol–water partition coefficient (Wildman–Crippen LogP) is 2.72. The molecule has 0 aliphatic carbocycles. The summed E-state index contributed by atoms with van der Waals surface area (Å²) in [5, 5.41) is 13.1. The number of nitrogens with zero attached hydrogens (tertiary/aromatic N) is 1. The summed E-state index contributed by atoms with van der Waals surface area (Å²) in [7, 11) is 1.58. The van der Waals surface area contributed by atoms with Gasteiger partial charge in [-0.3, -0.25) is 4.98 Å². The van der Waals surface area contributed by atoms with Crippen molar-refractivity contribution < 1.29 is 9.84 Å². The van der Waals surface area contributed by atoms with Gasteiger partial charge in [0, 0.05) is 24.4 Å². The molecule has 0 bridgehead atoms. The van der Waals surface area contributed by atoms with Gasteiger partial charge in [0.2, 0.25) is 0 Å². The van der Waals surface area contributed by atoms with Crippen molar-refractivity contribution in [3.05, 3.63) is 47.8 Å². The second-order valence-electron chi connectivity index (χ2n) is 4.04. The van der Waals surface area contributed by atoms with E-state index < -0.39 is 0 Å². The summed E-state index contributed by atoms with van der Waals surface area (Å²) in [4.78, 5) is 4.06. The second kappa shape index (κ2) is 5.40. The zero-order valence-corrected chi connectivity index (χ0v) is 10.5. The number of rotatable bonds is 4. The molecule has 0 saturated heterocycles. The molecule has 0 fully saturated rings. The summed E-state index contributed by atoms with van der Waals surface area (Å²) in [5.41, 5.74) is 2.91. The highest BCUT2D eigenvalue weighted by Crippen LogP contribution is 2.24. The minimum Gasteiger partial charge on any atom is -0.507 e. The maximum atomic E-state index is 9.83. The first-order valence-corrected chi connectivity index (χ1v) is 5.71. The number of benzene rings is 1. The maximum Gasteiger partial charge on any atom is 0.124 e. The normalized spacial score (nSPS) is 10.1.